The van der Waals surface area contributed by atoms with Gasteiger partial charge in [0.05, 0.1) is 29.6 Å². The Morgan fingerprint density at radius 3 is 2.57 bits per heavy atom. The zero-order valence-corrected chi connectivity index (χ0v) is 17.4. The number of hydrogen-bond donors (Lipinski definition) is 3. The van der Waals surface area contributed by atoms with Crippen LogP contribution in [0.4, 0.5) is 11.4 Å². The number of hydrogen-bond acceptors (Lipinski definition) is 4. The molecule has 5 rings (SSSR count). The molecule has 6 nitrogen and oxygen atoms in total. The molecule has 3 N–H and O–H groups in total. The van der Waals surface area contributed by atoms with Crippen LogP contribution >= 0.6 is 0 Å². The van der Waals surface area contributed by atoms with E-state index in [1.807, 2.05) is 61.7 Å². The summed E-state index contributed by atoms with van der Waals surface area (Å²) in [6.45, 7) is 4.08. The molecule has 0 fully saturated rings. The summed E-state index contributed by atoms with van der Waals surface area (Å²) in [6.07, 6.45) is 3.41. The third kappa shape index (κ3) is 2.64. The number of carbonyl (C=O) groups excluding carboxylic acids is 1. The Balaban J connectivity index is 1.49. The number of aliphatic hydroxyl groups excluding tert-OH is 1. The van der Waals surface area contributed by atoms with Crippen molar-refractivity contribution in [3.63, 3.8) is 0 Å². The summed E-state index contributed by atoms with van der Waals surface area (Å²) in [6, 6.07) is 12.3. The molecule has 2 aliphatic rings. The van der Waals surface area contributed by atoms with Crippen LogP contribution < -0.4 is 14.8 Å². The molecule has 0 bridgehead atoms. The molecule has 1 aliphatic heterocycles. The number of aryl methyl sites for hydroxylation is 3. The largest absolute Gasteiger partial charge is 0.506 e. The van der Waals surface area contributed by atoms with E-state index in [1.54, 1.807) is 12.2 Å². The Morgan fingerprint density at radius 2 is 1.80 bits per heavy atom. The van der Waals surface area contributed by atoms with Crippen molar-refractivity contribution in [3.05, 3.63) is 82.2 Å². The number of imidazole rings is 1. The maximum atomic E-state index is 12.8. The minimum atomic E-state index is -0.169. The monoisotopic (exact) mass is 399 g/mol. The van der Waals surface area contributed by atoms with Crippen molar-refractivity contribution in [2.45, 2.75) is 13.8 Å². The van der Waals surface area contributed by atoms with E-state index in [0.29, 0.717) is 11.1 Å². The number of nitrogens with zero attached hydrogens (tertiary/aromatic N) is 2. The fourth-order valence-electron chi connectivity index (χ4n) is 4.04. The fourth-order valence-corrected chi connectivity index (χ4v) is 4.04. The number of H-pyrrole nitrogens is 1. The minimum Gasteiger partial charge on any atom is -0.506 e. The van der Waals surface area contributed by atoms with Crippen molar-refractivity contribution >= 4 is 34.3 Å². The maximum absolute atomic E-state index is 12.8. The molecule has 0 saturated heterocycles. The number of aromatic nitrogens is 2. The van der Waals surface area contributed by atoms with Gasteiger partial charge in [-0.05, 0) is 55.3 Å². The van der Waals surface area contributed by atoms with E-state index >= 15 is 0 Å². The third-order valence-corrected chi connectivity index (χ3v) is 5.84. The molecule has 6 heteroatoms. The number of nitrogens with one attached hydrogen (secondary N) is 2. The maximum Gasteiger partial charge on any atom is 0.280 e. The molecular formula is C24H23N4O2+. The van der Waals surface area contributed by atoms with Gasteiger partial charge in [0.15, 0.2) is 11.0 Å². The van der Waals surface area contributed by atoms with E-state index in [2.05, 4.69) is 22.4 Å². The lowest BCUT2D eigenvalue weighted by atomic mass is 9.87. The highest BCUT2D eigenvalue weighted by Crippen LogP contribution is 2.38. The third-order valence-electron chi connectivity index (χ3n) is 5.84. The van der Waals surface area contributed by atoms with Crippen molar-refractivity contribution in [2.75, 3.05) is 17.3 Å². The molecular weight excluding hydrogens is 376 g/mol. The topological polar surface area (TPSA) is 72.2 Å². The van der Waals surface area contributed by atoms with Crippen molar-refractivity contribution in [2.24, 2.45) is 7.05 Å². The van der Waals surface area contributed by atoms with Crippen LogP contribution in [0.25, 0.3) is 17.1 Å². The molecule has 3 aromatic rings. The van der Waals surface area contributed by atoms with Gasteiger partial charge in [-0.2, -0.15) is 0 Å². The number of aliphatic hydroxyl groups is 1. The van der Waals surface area contributed by atoms with E-state index < -0.39 is 0 Å². The smallest absolute Gasteiger partial charge is 0.280 e. The Bertz CT molecular complexity index is 1340. The van der Waals surface area contributed by atoms with Gasteiger partial charge in [-0.1, -0.05) is 12.1 Å². The first-order chi connectivity index (χ1) is 14.3. The SMILES string of the molecule is Cc1ccc2c(c1)N/C(=C/C1=C(O)C(=C\c3[nH]c4cc(C)ccc4[n+]3C)/C1=O)N2C. The summed E-state index contributed by atoms with van der Waals surface area (Å²) in [5.74, 6) is 1.37. The van der Waals surface area contributed by atoms with Crippen LogP contribution in [0.5, 0.6) is 0 Å². The molecule has 0 spiro atoms. The zero-order chi connectivity index (χ0) is 21.2. The van der Waals surface area contributed by atoms with Crippen LogP contribution in [0.1, 0.15) is 17.0 Å². The van der Waals surface area contributed by atoms with Gasteiger partial charge < -0.3 is 15.3 Å². The van der Waals surface area contributed by atoms with Gasteiger partial charge in [-0.25, -0.2) is 9.55 Å². The number of rotatable bonds is 2. The zero-order valence-electron chi connectivity index (χ0n) is 17.4. The number of carbonyl (C=O) groups is 1. The first kappa shape index (κ1) is 18.2. The van der Waals surface area contributed by atoms with Gasteiger partial charge in [0.2, 0.25) is 5.78 Å². The standard InChI is InChI=1S/C24H22N4O2/c1-13-5-7-19-17(9-13)25-21(27(19)3)11-15-23(29)16(24(15)30)12-22-26-18-10-14(2)6-8-20(18)28(22)4/h5-12H,1-4H3,(H2,25,26,29,30)/p+1. The summed E-state index contributed by atoms with van der Waals surface area (Å²) >= 11 is 0. The second kappa shape index (κ2) is 6.35. The van der Waals surface area contributed by atoms with Crippen LogP contribution in [0.3, 0.4) is 0 Å². The summed E-state index contributed by atoms with van der Waals surface area (Å²) in [5.41, 5.74) is 7.00. The summed E-state index contributed by atoms with van der Waals surface area (Å²) in [4.78, 5) is 18.1. The molecule has 1 aliphatic carbocycles. The molecule has 0 atom stereocenters. The van der Waals surface area contributed by atoms with Crippen LogP contribution in [0.2, 0.25) is 0 Å². The Kier molecular flexibility index (Phi) is 3.86. The molecule has 0 saturated carbocycles. The van der Waals surface area contributed by atoms with Gasteiger partial charge in [0.25, 0.3) is 5.82 Å². The lowest BCUT2D eigenvalue weighted by Gasteiger charge is -2.20. The van der Waals surface area contributed by atoms with E-state index in [1.165, 1.54) is 0 Å². The van der Waals surface area contributed by atoms with Crippen LogP contribution in [-0.2, 0) is 11.8 Å². The highest BCUT2D eigenvalue weighted by atomic mass is 16.3. The van der Waals surface area contributed by atoms with E-state index in [0.717, 1.165) is 45.2 Å². The van der Waals surface area contributed by atoms with Crippen molar-refractivity contribution in [1.82, 2.24) is 4.98 Å². The van der Waals surface area contributed by atoms with E-state index in [9.17, 15) is 9.90 Å². The highest BCUT2D eigenvalue weighted by molar-refractivity contribution is 6.23. The van der Waals surface area contributed by atoms with Gasteiger partial charge in [0, 0.05) is 13.1 Å². The molecule has 0 amide bonds. The van der Waals surface area contributed by atoms with E-state index in [4.69, 9.17) is 0 Å². The predicted molar refractivity (Wildman–Crippen MR) is 118 cm³/mol. The Labute approximate surface area is 174 Å². The van der Waals surface area contributed by atoms with E-state index in [-0.39, 0.29) is 11.5 Å². The minimum absolute atomic E-state index is 0.0182. The molecule has 150 valence electrons. The number of allylic oxidation sites excluding steroid dienone is 3. The van der Waals surface area contributed by atoms with Gasteiger partial charge in [-0.15, -0.1) is 0 Å². The molecule has 2 aromatic carbocycles. The quantitative estimate of drug-likeness (QED) is 0.453. The van der Waals surface area contributed by atoms with Crippen molar-refractivity contribution in [1.29, 1.82) is 0 Å². The number of ketones is 1. The number of benzene rings is 2. The average Bonchev–Trinajstić information content (AvgIpc) is 3.19. The second-order valence-electron chi connectivity index (χ2n) is 7.97. The number of anilines is 2. The van der Waals surface area contributed by atoms with Crippen LogP contribution in [0.15, 0.2) is 65.2 Å². The second-order valence-corrected chi connectivity index (χ2v) is 7.97. The Morgan fingerprint density at radius 1 is 1.07 bits per heavy atom. The summed E-state index contributed by atoms with van der Waals surface area (Å²) in [5, 5.41) is 13.9. The summed E-state index contributed by atoms with van der Waals surface area (Å²) < 4.78 is 1.98. The average molecular weight is 399 g/mol. The first-order valence-electron chi connectivity index (χ1n) is 9.85. The Hall–Kier alpha value is -3.80. The molecule has 30 heavy (non-hydrogen) atoms. The summed E-state index contributed by atoms with van der Waals surface area (Å²) in [7, 11) is 3.87. The van der Waals surface area contributed by atoms with Gasteiger partial charge in [0.1, 0.15) is 11.6 Å². The molecule has 2 heterocycles. The van der Waals surface area contributed by atoms with Gasteiger partial charge >= 0.3 is 0 Å². The molecule has 1 aromatic heterocycles. The molecule has 0 radical (unpaired) electrons. The fraction of sp³-hybridized carbons (Fsp3) is 0.167. The predicted octanol–water partition coefficient (Wildman–Crippen LogP) is 3.79. The van der Waals surface area contributed by atoms with Crippen molar-refractivity contribution < 1.29 is 14.5 Å². The van der Waals surface area contributed by atoms with Crippen molar-refractivity contribution in [3.8, 4) is 0 Å². The number of aromatic amines is 1. The normalized spacial score (nSPS) is 18.4. The number of Topliss-reactive ketones (excluding diaryl/α,β-unsaturated/α-hetero) is 1. The number of fused-ring (bicyclic) bond motifs is 2. The first-order valence-corrected chi connectivity index (χ1v) is 9.85. The van der Waals surface area contributed by atoms with Crippen LogP contribution in [0, 0.1) is 13.8 Å². The highest BCUT2D eigenvalue weighted by Gasteiger charge is 2.35. The van der Waals surface area contributed by atoms with Gasteiger partial charge in [-0.3, -0.25) is 4.79 Å². The van der Waals surface area contributed by atoms with Crippen LogP contribution in [-0.4, -0.2) is 22.9 Å². The molecule has 0 unspecified atom stereocenters. The lowest BCUT2D eigenvalue weighted by Crippen LogP contribution is -2.31. The lowest BCUT2D eigenvalue weighted by molar-refractivity contribution is -0.646.